The summed E-state index contributed by atoms with van der Waals surface area (Å²) in [5, 5.41) is 0. The van der Waals surface area contributed by atoms with Gasteiger partial charge in [0.15, 0.2) is 0 Å². The van der Waals surface area contributed by atoms with Crippen LogP contribution in [0, 0.1) is 0 Å². The Morgan fingerprint density at radius 3 is 2.26 bits per heavy atom. The van der Waals surface area contributed by atoms with E-state index in [0.717, 1.165) is 12.5 Å². The second kappa shape index (κ2) is 8.34. The minimum atomic E-state index is 0.600. The van der Waals surface area contributed by atoms with Crippen LogP contribution < -0.4 is 0 Å². The summed E-state index contributed by atoms with van der Waals surface area (Å²) in [5.74, 6) is 1.17. The van der Waals surface area contributed by atoms with Crippen molar-refractivity contribution in [2.24, 2.45) is 0 Å². The second-order valence-electron chi connectivity index (χ2n) is 7.49. The van der Waals surface area contributed by atoms with Crippen molar-refractivity contribution in [1.29, 1.82) is 0 Å². The molecule has 2 aliphatic heterocycles. The number of allylic oxidation sites excluding steroid dienone is 3. The quantitative estimate of drug-likeness (QED) is 0.783. The fourth-order valence-electron chi connectivity index (χ4n) is 4.53. The van der Waals surface area contributed by atoms with Crippen molar-refractivity contribution in [2.75, 3.05) is 33.3 Å². The van der Waals surface area contributed by atoms with E-state index in [0.29, 0.717) is 6.04 Å². The van der Waals surface area contributed by atoms with Crippen LogP contribution in [0.15, 0.2) is 23.5 Å². The lowest BCUT2D eigenvalue weighted by atomic mass is 9.99. The second-order valence-corrected chi connectivity index (χ2v) is 7.49. The summed E-state index contributed by atoms with van der Waals surface area (Å²) in [6, 6.07) is 1.44. The van der Waals surface area contributed by atoms with E-state index < -0.39 is 0 Å². The van der Waals surface area contributed by atoms with Crippen molar-refractivity contribution in [3.63, 3.8) is 0 Å². The van der Waals surface area contributed by atoms with Gasteiger partial charge in [-0.25, -0.2) is 0 Å². The van der Waals surface area contributed by atoms with Gasteiger partial charge in [0.1, 0.15) is 0 Å². The molecular formula is C20H34N2O. The fraction of sp³-hybridized carbons (Fsp3) is 0.800. The van der Waals surface area contributed by atoms with Crippen LogP contribution in [-0.2, 0) is 4.74 Å². The van der Waals surface area contributed by atoms with Crippen molar-refractivity contribution in [1.82, 2.24) is 9.80 Å². The van der Waals surface area contributed by atoms with E-state index in [9.17, 15) is 0 Å². The van der Waals surface area contributed by atoms with E-state index >= 15 is 0 Å². The Kier molecular flexibility index (Phi) is 6.18. The van der Waals surface area contributed by atoms with Crippen molar-refractivity contribution in [2.45, 2.75) is 70.4 Å². The zero-order valence-corrected chi connectivity index (χ0v) is 15.1. The van der Waals surface area contributed by atoms with Crippen molar-refractivity contribution < 1.29 is 4.74 Å². The topological polar surface area (TPSA) is 15.7 Å². The van der Waals surface area contributed by atoms with Crippen LogP contribution in [0.3, 0.4) is 0 Å². The average molecular weight is 319 g/mol. The third kappa shape index (κ3) is 4.39. The molecular weight excluding hydrogens is 284 g/mol. The van der Waals surface area contributed by atoms with E-state index in [2.05, 4.69) is 28.9 Å². The predicted octanol–water partition coefficient (Wildman–Crippen LogP) is 3.97. The van der Waals surface area contributed by atoms with E-state index in [1.54, 1.807) is 7.11 Å². The molecule has 1 unspecified atom stereocenters. The zero-order valence-electron chi connectivity index (χ0n) is 15.1. The first-order chi connectivity index (χ1) is 11.3. The highest BCUT2D eigenvalue weighted by Crippen LogP contribution is 2.26. The SMILES string of the molecule is COC1=C(C)C=CC(N2CCC(N3CCCCCC3)CC2)CC1. The molecule has 0 radical (unpaired) electrons. The maximum absolute atomic E-state index is 5.53. The molecule has 1 atom stereocenters. The standard InChI is InChI=1S/C20H34N2O/c1-17-7-8-18(9-10-20(17)23-2)22-15-11-19(12-16-22)21-13-5-3-4-6-14-21/h7-8,18-19H,3-6,9-16H2,1-2H3. The molecule has 0 saturated carbocycles. The van der Waals surface area contributed by atoms with Crippen LogP contribution in [0.2, 0.25) is 0 Å². The van der Waals surface area contributed by atoms with Gasteiger partial charge in [0, 0.05) is 31.6 Å². The Bertz CT molecular complexity index is 427. The Labute approximate surface area is 142 Å². The van der Waals surface area contributed by atoms with E-state index in [1.165, 1.54) is 82.5 Å². The molecule has 2 heterocycles. The average Bonchev–Trinajstić information content (AvgIpc) is 2.96. The molecule has 2 saturated heterocycles. The summed E-state index contributed by atoms with van der Waals surface area (Å²) >= 11 is 0. The molecule has 0 N–H and O–H groups in total. The number of methoxy groups -OCH3 is 1. The third-order valence-corrected chi connectivity index (χ3v) is 6.05. The normalized spacial score (nSPS) is 29.4. The van der Waals surface area contributed by atoms with Crippen molar-refractivity contribution in [3.8, 4) is 0 Å². The predicted molar refractivity (Wildman–Crippen MR) is 96.5 cm³/mol. The van der Waals surface area contributed by atoms with Crippen LogP contribution >= 0.6 is 0 Å². The Hall–Kier alpha value is -0.800. The van der Waals surface area contributed by atoms with Crippen LogP contribution in [-0.4, -0.2) is 55.2 Å². The van der Waals surface area contributed by atoms with Gasteiger partial charge < -0.3 is 9.64 Å². The Morgan fingerprint density at radius 1 is 0.913 bits per heavy atom. The zero-order chi connectivity index (χ0) is 16.1. The number of rotatable bonds is 3. The van der Waals surface area contributed by atoms with Crippen molar-refractivity contribution >= 4 is 0 Å². The number of nitrogens with zero attached hydrogens (tertiary/aromatic N) is 2. The highest BCUT2D eigenvalue weighted by Gasteiger charge is 2.28. The molecule has 0 aromatic rings. The number of hydrogen-bond acceptors (Lipinski definition) is 3. The molecule has 3 aliphatic rings. The molecule has 0 aromatic carbocycles. The van der Waals surface area contributed by atoms with Gasteiger partial charge in [0.25, 0.3) is 0 Å². The third-order valence-electron chi connectivity index (χ3n) is 6.05. The van der Waals surface area contributed by atoms with Crippen molar-refractivity contribution in [3.05, 3.63) is 23.5 Å². The molecule has 0 bridgehead atoms. The van der Waals surface area contributed by atoms with E-state index in [1.807, 2.05) is 0 Å². The lowest BCUT2D eigenvalue weighted by Gasteiger charge is -2.40. The van der Waals surface area contributed by atoms with Crippen LogP contribution in [0.25, 0.3) is 0 Å². The summed E-state index contributed by atoms with van der Waals surface area (Å²) in [6.07, 6.45) is 15.4. The first-order valence-electron chi connectivity index (χ1n) is 9.68. The van der Waals surface area contributed by atoms with E-state index in [-0.39, 0.29) is 0 Å². The van der Waals surface area contributed by atoms with Crippen LogP contribution in [0.5, 0.6) is 0 Å². The number of likely N-dealkylation sites (tertiary alicyclic amines) is 2. The summed E-state index contributed by atoms with van der Waals surface area (Å²) in [6.45, 7) is 7.38. The van der Waals surface area contributed by atoms with Crippen LogP contribution in [0.4, 0.5) is 0 Å². The van der Waals surface area contributed by atoms with Gasteiger partial charge in [0.2, 0.25) is 0 Å². The summed E-state index contributed by atoms with van der Waals surface area (Å²) in [4.78, 5) is 5.50. The maximum atomic E-state index is 5.53. The summed E-state index contributed by atoms with van der Waals surface area (Å²) in [5.41, 5.74) is 1.30. The van der Waals surface area contributed by atoms with Gasteiger partial charge in [-0.2, -0.15) is 0 Å². The molecule has 3 nitrogen and oxygen atoms in total. The molecule has 130 valence electrons. The van der Waals surface area contributed by atoms with Gasteiger partial charge >= 0.3 is 0 Å². The van der Waals surface area contributed by atoms with Gasteiger partial charge in [-0.15, -0.1) is 0 Å². The first-order valence-corrected chi connectivity index (χ1v) is 9.68. The molecule has 3 heteroatoms. The number of hydrogen-bond donors (Lipinski definition) is 0. The molecule has 0 spiro atoms. The summed E-state index contributed by atoms with van der Waals surface area (Å²) in [7, 11) is 1.81. The lowest BCUT2D eigenvalue weighted by Crippen LogP contribution is -2.48. The largest absolute Gasteiger partial charge is 0.501 e. The first kappa shape index (κ1) is 17.0. The number of piperidine rings is 1. The van der Waals surface area contributed by atoms with E-state index in [4.69, 9.17) is 4.74 Å². The van der Waals surface area contributed by atoms with Crippen LogP contribution in [0.1, 0.15) is 58.3 Å². The smallest absolute Gasteiger partial charge is 0.0985 e. The molecule has 3 rings (SSSR count). The van der Waals surface area contributed by atoms with Gasteiger partial charge in [-0.05, 0) is 57.7 Å². The molecule has 23 heavy (non-hydrogen) atoms. The minimum Gasteiger partial charge on any atom is -0.501 e. The molecule has 0 aromatic heterocycles. The Balaban J connectivity index is 1.50. The fourth-order valence-corrected chi connectivity index (χ4v) is 4.53. The highest BCUT2D eigenvalue weighted by atomic mass is 16.5. The number of ether oxygens (including phenoxy) is 1. The lowest BCUT2D eigenvalue weighted by molar-refractivity contribution is 0.0936. The highest BCUT2D eigenvalue weighted by molar-refractivity contribution is 5.24. The minimum absolute atomic E-state index is 0.600. The van der Waals surface area contributed by atoms with Gasteiger partial charge in [-0.1, -0.05) is 25.0 Å². The maximum Gasteiger partial charge on any atom is 0.0985 e. The van der Waals surface area contributed by atoms with Gasteiger partial charge in [0.05, 0.1) is 12.9 Å². The Morgan fingerprint density at radius 2 is 1.61 bits per heavy atom. The molecule has 0 amide bonds. The molecule has 2 fully saturated rings. The molecule has 1 aliphatic carbocycles. The summed E-state index contributed by atoms with van der Waals surface area (Å²) < 4.78 is 5.53. The van der Waals surface area contributed by atoms with Gasteiger partial charge in [-0.3, -0.25) is 4.90 Å². The monoisotopic (exact) mass is 318 g/mol.